The average Bonchev–Trinajstić information content (AvgIpc) is 1.63. The summed E-state index contributed by atoms with van der Waals surface area (Å²) < 4.78 is 0. The van der Waals surface area contributed by atoms with E-state index in [9.17, 15) is 14.7 Å². The molecule has 0 atom stereocenters. The number of aliphatic carboxylic acids is 1. The topological polar surface area (TPSA) is 57.2 Å². The first kappa shape index (κ1) is 8.43. The Labute approximate surface area is 57.6 Å². The average molecular weight is 150 g/mol. The minimum absolute atomic E-state index is 0.0988. The number of carboxylic acid groups (broad SMARTS) is 1. The molecule has 0 aromatic carbocycles. The van der Waals surface area contributed by atoms with Crippen molar-refractivity contribution in [3.63, 3.8) is 0 Å². The number of halogens is 1. The molecule has 0 spiro atoms. The van der Waals surface area contributed by atoms with Gasteiger partial charge >= 0.3 is 0 Å². The van der Waals surface area contributed by atoms with Crippen LogP contribution in [0, 0.1) is 0 Å². The lowest BCUT2D eigenvalue weighted by Gasteiger charge is -1.96. The lowest BCUT2D eigenvalue weighted by molar-refractivity contribution is -0.305. The molecule has 0 aromatic heterocycles. The first-order valence-electron chi connectivity index (χ1n) is 2.51. The van der Waals surface area contributed by atoms with Crippen molar-refractivity contribution in [2.24, 2.45) is 0 Å². The smallest absolute Gasteiger partial charge is 0.221 e. The molecule has 4 heteroatoms. The van der Waals surface area contributed by atoms with Crippen LogP contribution in [-0.2, 0) is 9.59 Å². The highest BCUT2D eigenvalue weighted by atomic mass is 35.5. The van der Waals surface area contributed by atoms with Gasteiger partial charge in [-0.2, -0.15) is 0 Å². The summed E-state index contributed by atoms with van der Waals surface area (Å²) in [5.41, 5.74) is 0. The van der Waals surface area contributed by atoms with Gasteiger partial charge in [-0.1, -0.05) is 0 Å². The molecule has 0 fully saturated rings. The van der Waals surface area contributed by atoms with Gasteiger partial charge in [0, 0.05) is 12.4 Å². The summed E-state index contributed by atoms with van der Waals surface area (Å²) in [6, 6.07) is 0. The Balaban J connectivity index is 3.10. The number of rotatable bonds is 4. The van der Waals surface area contributed by atoms with Gasteiger partial charge in [-0.15, -0.1) is 0 Å². The molecule has 0 aromatic rings. The van der Waals surface area contributed by atoms with Crippen LogP contribution in [0.2, 0.25) is 0 Å². The summed E-state index contributed by atoms with van der Waals surface area (Å²) in [6.07, 6.45) is 0.276. The third-order valence-corrected chi connectivity index (χ3v) is 0.943. The van der Waals surface area contributed by atoms with E-state index in [4.69, 9.17) is 11.6 Å². The van der Waals surface area contributed by atoms with E-state index in [1.807, 2.05) is 0 Å². The first-order chi connectivity index (χ1) is 4.13. The summed E-state index contributed by atoms with van der Waals surface area (Å²) in [5, 5.41) is 9.21. The number of hydrogen-bond donors (Lipinski definition) is 0. The van der Waals surface area contributed by atoms with Crippen molar-refractivity contribution in [1.82, 2.24) is 0 Å². The third-order valence-electron chi connectivity index (χ3n) is 0.754. The molecule has 0 heterocycles. The Hall–Kier alpha value is -0.570. The molecule has 9 heavy (non-hydrogen) atoms. The van der Waals surface area contributed by atoms with E-state index >= 15 is 0 Å². The van der Waals surface area contributed by atoms with E-state index in [2.05, 4.69) is 0 Å². The van der Waals surface area contributed by atoms with Crippen molar-refractivity contribution in [2.45, 2.75) is 19.3 Å². The molecule has 0 rings (SSSR count). The van der Waals surface area contributed by atoms with E-state index in [-0.39, 0.29) is 19.3 Å². The van der Waals surface area contributed by atoms with Crippen molar-refractivity contribution in [3.8, 4) is 0 Å². The normalized spacial score (nSPS) is 9.00. The van der Waals surface area contributed by atoms with Gasteiger partial charge < -0.3 is 9.90 Å². The first-order valence-corrected chi connectivity index (χ1v) is 2.89. The largest absolute Gasteiger partial charge is 0.550 e. The Morgan fingerprint density at radius 2 is 1.89 bits per heavy atom. The molecule has 0 saturated carbocycles. The fourth-order valence-corrected chi connectivity index (χ4v) is 0.505. The fraction of sp³-hybridized carbons (Fsp3) is 0.600. The zero-order valence-electron chi connectivity index (χ0n) is 4.72. The van der Waals surface area contributed by atoms with Gasteiger partial charge in [0.1, 0.15) is 0 Å². The summed E-state index contributed by atoms with van der Waals surface area (Å²) in [7, 11) is 0. The van der Waals surface area contributed by atoms with Crippen molar-refractivity contribution in [1.29, 1.82) is 0 Å². The monoisotopic (exact) mass is 149 g/mol. The van der Waals surface area contributed by atoms with Crippen LogP contribution in [0.15, 0.2) is 0 Å². The summed E-state index contributed by atoms with van der Waals surface area (Å²) in [4.78, 5) is 19.7. The van der Waals surface area contributed by atoms with Crippen LogP contribution in [0.3, 0.4) is 0 Å². The molecule has 0 aliphatic rings. The van der Waals surface area contributed by atoms with E-state index < -0.39 is 11.2 Å². The zero-order chi connectivity index (χ0) is 7.28. The van der Waals surface area contributed by atoms with Crippen LogP contribution >= 0.6 is 11.6 Å². The molecule has 0 unspecified atom stereocenters. The molecule has 52 valence electrons. The number of carbonyl (C=O) groups is 2. The SMILES string of the molecule is O=C([O-])CCCC(=O)Cl. The summed E-state index contributed by atoms with van der Waals surface area (Å²) >= 11 is 4.91. The third kappa shape index (κ3) is 7.43. The maximum absolute atomic E-state index is 9.98. The minimum atomic E-state index is -1.15. The predicted molar refractivity (Wildman–Crippen MR) is 29.7 cm³/mol. The molecule has 0 amide bonds. The molecule has 0 N–H and O–H groups in total. The number of carboxylic acids is 1. The quantitative estimate of drug-likeness (QED) is 0.515. The second-order valence-corrected chi connectivity index (χ2v) is 2.00. The van der Waals surface area contributed by atoms with Crippen LogP contribution in [-0.4, -0.2) is 11.2 Å². The maximum atomic E-state index is 9.98. The molecule has 0 bridgehead atoms. The van der Waals surface area contributed by atoms with E-state index in [0.29, 0.717) is 0 Å². The Morgan fingerprint density at radius 1 is 1.33 bits per heavy atom. The molecule has 0 aliphatic heterocycles. The highest BCUT2D eigenvalue weighted by molar-refractivity contribution is 6.63. The van der Waals surface area contributed by atoms with E-state index in [0.717, 1.165) is 0 Å². The fourth-order valence-electron chi connectivity index (χ4n) is 0.372. The van der Waals surface area contributed by atoms with Gasteiger partial charge in [-0.25, -0.2) is 0 Å². The van der Waals surface area contributed by atoms with Gasteiger partial charge in [0.25, 0.3) is 0 Å². The Morgan fingerprint density at radius 3 is 2.22 bits per heavy atom. The van der Waals surface area contributed by atoms with Crippen LogP contribution < -0.4 is 5.11 Å². The standard InChI is InChI=1S/C5H7ClO3/c6-4(7)2-1-3-5(8)9/h1-3H2,(H,8,9)/p-1. The Bertz CT molecular complexity index is 107. The van der Waals surface area contributed by atoms with Gasteiger partial charge in [0.05, 0.1) is 0 Å². The molecule has 3 nitrogen and oxygen atoms in total. The Kier molecular flexibility index (Phi) is 4.05. The highest BCUT2D eigenvalue weighted by Crippen LogP contribution is 1.97. The van der Waals surface area contributed by atoms with Crippen LogP contribution in [0.4, 0.5) is 0 Å². The number of hydrogen-bond acceptors (Lipinski definition) is 3. The molecular formula is C5H6ClO3-. The molecule has 0 aliphatic carbocycles. The molecule has 0 saturated heterocycles. The van der Waals surface area contributed by atoms with Crippen LogP contribution in [0.1, 0.15) is 19.3 Å². The van der Waals surface area contributed by atoms with E-state index in [1.165, 1.54) is 0 Å². The van der Waals surface area contributed by atoms with Gasteiger partial charge in [0.2, 0.25) is 5.24 Å². The van der Waals surface area contributed by atoms with Crippen LogP contribution in [0.5, 0.6) is 0 Å². The maximum Gasteiger partial charge on any atom is 0.221 e. The zero-order valence-corrected chi connectivity index (χ0v) is 5.48. The number of carbonyl (C=O) groups excluding carboxylic acids is 2. The van der Waals surface area contributed by atoms with Crippen molar-refractivity contribution in [3.05, 3.63) is 0 Å². The second-order valence-electron chi connectivity index (χ2n) is 1.58. The summed E-state index contributed by atoms with van der Waals surface area (Å²) in [5.74, 6) is -1.15. The van der Waals surface area contributed by atoms with E-state index in [1.54, 1.807) is 0 Å². The van der Waals surface area contributed by atoms with Crippen molar-refractivity contribution >= 4 is 22.8 Å². The van der Waals surface area contributed by atoms with Crippen molar-refractivity contribution in [2.75, 3.05) is 0 Å². The molecule has 0 radical (unpaired) electrons. The lowest BCUT2D eigenvalue weighted by Crippen LogP contribution is -2.21. The predicted octanol–water partition coefficient (Wildman–Crippen LogP) is -0.328. The second kappa shape index (κ2) is 4.32. The van der Waals surface area contributed by atoms with Crippen molar-refractivity contribution < 1.29 is 14.7 Å². The van der Waals surface area contributed by atoms with Gasteiger partial charge in [-0.05, 0) is 24.4 Å². The van der Waals surface area contributed by atoms with Gasteiger partial charge in [-0.3, -0.25) is 4.79 Å². The highest BCUT2D eigenvalue weighted by Gasteiger charge is 1.94. The molecular weight excluding hydrogens is 144 g/mol. The minimum Gasteiger partial charge on any atom is -0.550 e. The lowest BCUT2D eigenvalue weighted by atomic mass is 10.2. The van der Waals surface area contributed by atoms with Gasteiger partial charge in [0.15, 0.2) is 0 Å². The van der Waals surface area contributed by atoms with Crippen LogP contribution in [0.25, 0.3) is 0 Å². The summed E-state index contributed by atoms with van der Waals surface area (Å²) in [6.45, 7) is 0.